The number of nitrogens with zero attached hydrogens (tertiary/aromatic N) is 1. The first-order valence-electron chi connectivity index (χ1n) is 11.1. The molecule has 0 radical (unpaired) electrons. The third-order valence-corrected chi connectivity index (χ3v) is 5.84. The van der Waals surface area contributed by atoms with Crippen molar-refractivity contribution in [3.8, 4) is 11.5 Å². The molecule has 3 rings (SSSR count). The van der Waals surface area contributed by atoms with Crippen molar-refractivity contribution in [1.29, 1.82) is 0 Å². The summed E-state index contributed by atoms with van der Waals surface area (Å²) in [6.07, 6.45) is -0.111. The number of anilines is 1. The van der Waals surface area contributed by atoms with Crippen LogP contribution in [0.4, 0.5) is 5.69 Å². The zero-order valence-corrected chi connectivity index (χ0v) is 19.9. The Bertz CT molecular complexity index is 963. The molecule has 0 aromatic heterocycles. The zero-order chi connectivity index (χ0) is 24.0. The monoisotopic (exact) mass is 455 g/mol. The normalized spacial score (nSPS) is 21.8. The largest absolute Gasteiger partial charge is 0.497 e. The van der Waals surface area contributed by atoms with Crippen LogP contribution >= 0.6 is 0 Å². The highest BCUT2D eigenvalue weighted by atomic mass is 16.5. The lowest BCUT2D eigenvalue weighted by molar-refractivity contribution is 0.0281. The third kappa shape index (κ3) is 6.24. The van der Waals surface area contributed by atoms with Crippen LogP contribution in [0.2, 0.25) is 0 Å². The second kappa shape index (κ2) is 11.2. The van der Waals surface area contributed by atoms with Crippen LogP contribution < -0.4 is 20.1 Å². The summed E-state index contributed by atoms with van der Waals surface area (Å²) in [5.41, 5.74) is 1.38. The SMILES string of the molecule is COc1ccc(C(=O)Nc2ccc3c(c2)C(=O)N(C)C[C@@H](OC)[C@@H](C)CN[C@H](C)CO3)cc1. The van der Waals surface area contributed by atoms with Crippen molar-refractivity contribution in [1.82, 2.24) is 10.2 Å². The van der Waals surface area contributed by atoms with E-state index in [1.54, 1.807) is 68.6 Å². The predicted octanol–water partition coefficient (Wildman–Crippen LogP) is 3.04. The molecule has 2 aromatic rings. The molecule has 0 saturated heterocycles. The maximum Gasteiger partial charge on any atom is 0.257 e. The van der Waals surface area contributed by atoms with Gasteiger partial charge in [0, 0.05) is 44.5 Å². The summed E-state index contributed by atoms with van der Waals surface area (Å²) in [5.74, 6) is 0.885. The summed E-state index contributed by atoms with van der Waals surface area (Å²) in [6.45, 7) is 5.74. The fraction of sp³-hybridized carbons (Fsp3) is 0.440. The minimum absolute atomic E-state index is 0.0968. The second-order valence-electron chi connectivity index (χ2n) is 8.45. The molecular formula is C25H33N3O5. The molecule has 0 saturated carbocycles. The molecule has 2 aromatic carbocycles. The predicted molar refractivity (Wildman–Crippen MR) is 127 cm³/mol. The van der Waals surface area contributed by atoms with Crippen LogP contribution in [0, 0.1) is 5.92 Å². The number of nitrogens with one attached hydrogen (secondary N) is 2. The Hall–Kier alpha value is -3.10. The molecule has 0 aliphatic carbocycles. The van der Waals surface area contributed by atoms with Gasteiger partial charge in [0.15, 0.2) is 0 Å². The number of likely N-dealkylation sites (N-methyl/N-ethyl adjacent to an activating group) is 1. The molecular weight excluding hydrogens is 422 g/mol. The van der Waals surface area contributed by atoms with Gasteiger partial charge in [-0.3, -0.25) is 9.59 Å². The summed E-state index contributed by atoms with van der Waals surface area (Å²) >= 11 is 0. The van der Waals surface area contributed by atoms with E-state index >= 15 is 0 Å². The molecule has 2 N–H and O–H groups in total. The molecule has 1 aliphatic heterocycles. The van der Waals surface area contributed by atoms with E-state index in [1.807, 2.05) is 6.92 Å². The van der Waals surface area contributed by atoms with Gasteiger partial charge in [0.05, 0.1) is 18.8 Å². The van der Waals surface area contributed by atoms with E-state index in [4.69, 9.17) is 14.2 Å². The molecule has 1 heterocycles. The lowest BCUT2D eigenvalue weighted by Crippen LogP contribution is -2.44. The van der Waals surface area contributed by atoms with Gasteiger partial charge in [0.2, 0.25) is 0 Å². The highest BCUT2D eigenvalue weighted by Gasteiger charge is 2.25. The number of hydrogen-bond acceptors (Lipinski definition) is 6. The first-order chi connectivity index (χ1) is 15.8. The Balaban J connectivity index is 1.86. The number of benzene rings is 2. The van der Waals surface area contributed by atoms with Crippen molar-refractivity contribution >= 4 is 17.5 Å². The highest BCUT2D eigenvalue weighted by molar-refractivity contribution is 6.05. The fourth-order valence-corrected chi connectivity index (χ4v) is 3.68. The van der Waals surface area contributed by atoms with Crippen LogP contribution in [0.15, 0.2) is 42.5 Å². The van der Waals surface area contributed by atoms with Crippen molar-refractivity contribution in [2.75, 3.05) is 46.3 Å². The topological polar surface area (TPSA) is 89.1 Å². The standard InChI is InChI=1S/C25H33N3O5/c1-16-13-26-17(2)15-33-22-11-8-19(12-21(22)25(30)28(3)14-23(16)32-5)27-24(29)18-6-9-20(31-4)10-7-18/h6-12,16-17,23,26H,13-15H2,1-5H3,(H,27,29)/t16-,17+,23+/m0/s1. The lowest BCUT2D eigenvalue weighted by atomic mass is 10.0. The average Bonchev–Trinajstić information content (AvgIpc) is 2.83. The number of rotatable bonds is 4. The molecule has 8 heteroatoms. The molecule has 0 fully saturated rings. The summed E-state index contributed by atoms with van der Waals surface area (Å²) in [4.78, 5) is 27.7. The molecule has 8 nitrogen and oxygen atoms in total. The van der Waals surface area contributed by atoms with Crippen LogP contribution in [0.3, 0.4) is 0 Å². The molecule has 0 unspecified atom stereocenters. The van der Waals surface area contributed by atoms with E-state index in [-0.39, 0.29) is 29.9 Å². The molecule has 0 spiro atoms. The number of ether oxygens (including phenoxy) is 3. The molecule has 33 heavy (non-hydrogen) atoms. The quantitative estimate of drug-likeness (QED) is 0.737. The lowest BCUT2D eigenvalue weighted by Gasteiger charge is -2.30. The average molecular weight is 456 g/mol. The van der Waals surface area contributed by atoms with Crippen molar-refractivity contribution in [3.05, 3.63) is 53.6 Å². The molecule has 0 bridgehead atoms. The van der Waals surface area contributed by atoms with Gasteiger partial charge in [-0.2, -0.15) is 0 Å². The van der Waals surface area contributed by atoms with Gasteiger partial charge in [-0.05, 0) is 55.3 Å². The van der Waals surface area contributed by atoms with Gasteiger partial charge in [0.1, 0.15) is 18.1 Å². The summed E-state index contributed by atoms with van der Waals surface area (Å²) in [5, 5.41) is 6.32. The number of carbonyl (C=O) groups excluding carboxylic acids is 2. The number of fused-ring (bicyclic) bond motifs is 1. The number of hydrogen-bond donors (Lipinski definition) is 2. The van der Waals surface area contributed by atoms with Gasteiger partial charge in [-0.25, -0.2) is 0 Å². The molecule has 1 aliphatic rings. The minimum atomic E-state index is -0.279. The number of methoxy groups -OCH3 is 2. The van der Waals surface area contributed by atoms with Crippen molar-refractivity contribution in [2.24, 2.45) is 5.92 Å². The minimum Gasteiger partial charge on any atom is -0.497 e. The summed E-state index contributed by atoms with van der Waals surface area (Å²) < 4.78 is 16.8. The smallest absolute Gasteiger partial charge is 0.257 e. The van der Waals surface area contributed by atoms with Gasteiger partial charge < -0.3 is 29.7 Å². The number of carbonyl (C=O) groups is 2. The fourth-order valence-electron chi connectivity index (χ4n) is 3.68. The summed E-state index contributed by atoms with van der Waals surface area (Å²) in [6, 6.07) is 12.0. The Labute approximate surface area is 195 Å². The Morgan fingerprint density at radius 1 is 1.15 bits per heavy atom. The molecule has 3 atom stereocenters. The Kier molecular flexibility index (Phi) is 8.30. The summed E-state index contributed by atoms with van der Waals surface area (Å²) in [7, 11) is 4.98. The van der Waals surface area contributed by atoms with Gasteiger partial charge in [-0.15, -0.1) is 0 Å². The van der Waals surface area contributed by atoms with E-state index in [2.05, 4.69) is 17.6 Å². The molecule has 178 valence electrons. The first-order valence-corrected chi connectivity index (χ1v) is 11.1. The van der Waals surface area contributed by atoms with Crippen LogP contribution in [0.5, 0.6) is 11.5 Å². The van der Waals surface area contributed by atoms with E-state index < -0.39 is 0 Å². The van der Waals surface area contributed by atoms with E-state index in [0.717, 1.165) is 6.54 Å². The maximum atomic E-state index is 13.3. The highest BCUT2D eigenvalue weighted by Crippen LogP contribution is 2.26. The van der Waals surface area contributed by atoms with E-state index in [0.29, 0.717) is 41.5 Å². The third-order valence-electron chi connectivity index (χ3n) is 5.84. The first kappa shape index (κ1) is 24.5. The van der Waals surface area contributed by atoms with Crippen molar-refractivity contribution in [3.63, 3.8) is 0 Å². The van der Waals surface area contributed by atoms with Gasteiger partial charge >= 0.3 is 0 Å². The number of amides is 2. The molecule has 2 amide bonds. The van der Waals surface area contributed by atoms with Crippen molar-refractivity contribution in [2.45, 2.75) is 26.0 Å². The van der Waals surface area contributed by atoms with E-state index in [1.165, 1.54) is 0 Å². The Morgan fingerprint density at radius 2 is 1.88 bits per heavy atom. The van der Waals surface area contributed by atoms with Crippen LogP contribution in [-0.2, 0) is 4.74 Å². The van der Waals surface area contributed by atoms with Crippen LogP contribution in [0.25, 0.3) is 0 Å². The van der Waals surface area contributed by atoms with Crippen molar-refractivity contribution < 1.29 is 23.8 Å². The maximum absolute atomic E-state index is 13.3. The van der Waals surface area contributed by atoms with Crippen LogP contribution in [-0.4, -0.2) is 69.8 Å². The van der Waals surface area contributed by atoms with Crippen LogP contribution in [0.1, 0.15) is 34.6 Å². The Morgan fingerprint density at radius 3 is 2.55 bits per heavy atom. The zero-order valence-electron chi connectivity index (χ0n) is 19.9. The second-order valence-corrected chi connectivity index (χ2v) is 8.45. The van der Waals surface area contributed by atoms with Gasteiger partial charge in [-0.1, -0.05) is 6.92 Å². The van der Waals surface area contributed by atoms with Gasteiger partial charge in [0.25, 0.3) is 11.8 Å². The van der Waals surface area contributed by atoms with E-state index in [9.17, 15) is 9.59 Å².